The van der Waals surface area contributed by atoms with Gasteiger partial charge in [0.2, 0.25) is 0 Å². The third kappa shape index (κ3) is 3.33. The molecular weight excluding hydrogens is 246 g/mol. The first-order valence-corrected chi connectivity index (χ1v) is 7.59. The van der Waals surface area contributed by atoms with Gasteiger partial charge in [0.05, 0.1) is 0 Å². The molecule has 0 radical (unpaired) electrons. The molecule has 1 aliphatic rings. The van der Waals surface area contributed by atoms with Crippen LogP contribution in [0.2, 0.25) is 0 Å². The van der Waals surface area contributed by atoms with Gasteiger partial charge in [0.25, 0.3) is 0 Å². The van der Waals surface area contributed by atoms with Crippen LogP contribution in [0.5, 0.6) is 0 Å². The fourth-order valence-electron chi connectivity index (χ4n) is 2.42. The van der Waals surface area contributed by atoms with Gasteiger partial charge in [-0.3, -0.25) is 10.1 Å². The second-order valence-electron chi connectivity index (χ2n) is 4.93. The summed E-state index contributed by atoms with van der Waals surface area (Å²) in [6, 6.07) is 1.85. The van der Waals surface area contributed by atoms with Crippen LogP contribution in [-0.2, 0) is 24.2 Å². The Balaban J connectivity index is 1.86. The molecule has 1 aromatic heterocycles. The number of fused-ring (bicyclic) bond motifs is 1. The quantitative estimate of drug-likeness (QED) is 0.798. The van der Waals surface area contributed by atoms with Crippen molar-refractivity contribution >= 4 is 17.3 Å². The molecular formula is C14H21NO2S. The van der Waals surface area contributed by atoms with Gasteiger partial charge in [-0.05, 0) is 37.3 Å². The molecule has 3 nitrogen and oxygen atoms in total. The summed E-state index contributed by atoms with van der Waals surface area (Å²) >= 11 is 1.84. The molecule has 1 heterocycles. The van der Waals surface area contributed by atoms with Crippen molar-refractivity contribution in [1.29, 1.82) is 0 Å². The summed E-state index contributed by atoms with van der Waals surface area (Å²) in [7, 11) is 0. The topological polar surface area (TPSA) is 49.3 Å². The zero-order valence-corrected chi connectivity index (χ0v) is 11.7. The molecule has 18 heavy (non-hydrogen) atoms. The summed E-state index contributed by atoms with van der Waals surface area (Å²) < 4.78 is 0. The van der Waals surface area contributed by atoms with E-state index in [4.69, 9.17) is 5.11 Å². The maximum atomic E-state index is 11.1. The van der Waals surface area contributed by atoms with Gasteiger partial charge < -0.3 is 5.11 Å². The minimum atomic E-state index is -0.729. The van der Waals surface area contributed by atoms with Crippen LogP contribution in [-0.4, -0.2) is 17.1 Å². The number of rotatable bonds is 7. The van der Waals surface area contributed by atoms with E-state index >= 15 is 0 Å². The molecule has 0 saturated carbocycles. The molecule has 100 valence electrons. The van der Waals surface area contributed by atoms with E-state index in [1.165, 1.54) is 34.6 Å². The molecule has 0 saturated heterocycles. The van der Waals surface area contributed by atoms with Crippen molar-refractivity contribution in [2.24, 2.45) is 0 Å². The Kier molecular flexibility index (Phi) is 4.78. The number of carboxylic acids is 1. The van der Waals surface area contributed by atoms with E-state index in [-0.39, 0.29) is 0 Å². The predicted molar refractivity (Wildman–Crippen MR) is 74.1 cm³/mol. The average Bonchev–Trinajstić information content (AvgIpc) is 2.88. The Morgan fingerprint density at radius 3 is 3.06 bits per heavy atom. The summed E-state index contributed by atoms with van der Waals surface area (Å²) in [5.41, 5.74) is 1.48. The molecule has 0 bridgehead atoms. The normalized spacial score (nSPS) is 15.6. The standard InChI is InChI=1S/C14H21NO2S/c1-2-3-6-12(14(16)17)15-9-11-8-10-5-4-7-13(10)18-11/h8,12,15H,2-7,9H2,1H3,(H,16,17). The summed E-state index contributed by atoms with van der Waals surface area (Å²) in [6.07, 6.45) is 6.41. The van der Waals surface area contributed by atoms with Crippen LogP contribution in [0.1, 0.15) is 47.9 Å². The van der Waals surface area contributed by atoms with Gasteiger partial charge >= 0.3 is 5.97 Å². The number of aryl methyl sites for hydroxylation is 2. The Morgan fingerprint density at radius 2 is 2.39 bits per heavy atom. The van der Waals surface area contributed by atoms with Gasteiger partial charge in [-0.25, -0.2) is 0 Å². The van der Waals surface area contributed by atoms with E-state index in [0.717, 1.165) is 19.3 Å². The van der Waals surface area contributed by atoms with Gasteiger partial charge in [0.15, 0.2) is 0 Å². The van der Waals surface area contributed by atoms with E-state index in [0.29, 0.717) is 6.54 Å². The number of nitrogens with one attached hydrogen (secondary N) is 1. The molecule has 2 N–H and O–H groups in total. The molecule has 1 unspecified atom stereocenters. The SMILES string of the molecule is CCCCC(NCc1cc2c(s1)CCC2)C(=O)O. The van der Waals surface area contributed by atoms with Crippen molar-refractivity contribution < 1.29 is 9.90 Å². The van der Waals surface area contributed by atoms with Gasteiger partial charge in [0.1, 0.15) is 6.04 Å². The first kappa shape index (κ1) is 13.6. The van der Waals surface area contributed by atoms with Crippen molar-refractivity contribution in [1.82, 2.24) is 5.32 Å². The minimum absolute atomic E-state index is 0.401. The highest BCUT2D eigenvalue weighted by Crippen LogP contribution is 2.30. The fraction of sp³-hybridized carbons (Fsp3) is 0.643. The first-order chi connectivity index (χ1) is 8.70. The highest BCUT2D eigenvalue weighted by molar-refractivity contribution is 7.12. The second kappa shape index (κ2) is 6.34. The van der Waals surface area contributed by atoms with Gasteiger partial charge in [-0.1, -0.05) is 19.8 Å². The van der Waals surface area contributed by atoms with Crippen LogP contribution in [0.15, 0.2) is 6.07 Å². The average molecular weight is 267 g/mol. The monoisotopic (exact) mass is 267 g/mol. The second-order valence-corrected chi connectivity index (χ2v) is 6.15. The molecule has 1 aromatic rings. The van der Waals surface area contributed by atoms with Crippen molar-refractivity contribution in [2.75, 3.05) is 0 Å². The zero-order valence-electron chi connectivity index (χ0n) is 10.9. The van der Waals surface area contributed by atoms with Crippen LogP contribution in [0.25, 0.3) is 0 Å². The molecule has 0 spiro atoms. The third-order valence-electron chi connectivity index (χ3n) is 3.46. The van der Waals surface area contributed by atoms with Crippen LogP contribution < -0.4 is 5.32 Å². The summed E-state index contributed by atoms with van der Waals surface area (Å²) in [6.45, 7) is 2.78. The van der Waals surface area contributed by atoms with Crippen LogP contribution in [0.4, 0.5) is 0 Å². The summed E-state index contributed by atoms with van der Waals surface area (Å²) in [5, 5.41) is 12.3. The molecule has 2 rings (SSSR count). The maximum Gasteiger partial charge on any atom is 0.320 e. The maximum absolute atomic E-state index is 11.1. The van der Waals surface area contributed by atoms with Crippen molar-refractivity contribution in [3.63, 3.8) is 0 Å². The predicted octanol–water partition coefficient (Wildman–Crippen LogP) is 2.97. The molecule has 1 aliphatic carbocycles. The largest absolute Gasteiger partial charge is 0.480 e. The third-order valence-corrected chi connectivity index (χ3v) is 4.70. The lowest BCUT2D eigenvalue weighted by molar-refractivity contribution is -0.139. The lowest BCUT2D eigenvalue weighted by Crippen LogP contribution is -2.35. The number of thiophene rings is 1. The van der Waals surface area contributed by atoms with Crippen molar-refractivity contribution in [3.8, 4) is 0 Å². The fourth-order valence-corrected chi connectivity index (χ4v) is 3.63. The summed E-state index contributed by atoms with van der Waals surface area (Å²) in [4.78, 5) is 13.9. The van der Waals surface area contributed by atoms with Gasteiger partial charge in [0, 0.05) is 16.3 Å². The number of hydrogen-bond acceptors (Lipinski definition) is 3. The van der Waals surface area contributed by atoms with Crippen molar-refractivity contribution in [3.05, 3.63) is 21.4 Å². The first-order valence-electron chi connectivity index (χ1n) is 6.77. The van der Waals surface area contributed by atoms with Crippen molar-refractivity contribution in [2.45, 2.75) is 58.0 Å². The molecule has 0 aromatic carbocycles. The van der Waals surface area contributed by atoms with E-state index in [9.17, 15) is 4.79 Å². The lowest BCUT2D eigenvalue weighted by atomic mass is 10.1. The number of aliphatic carboxylic acids is 1. The molecule has 1 atom stereocenters. The molecule has 4 heteroatoms. The Morgan fingerprint density at radius 1 is 1.56 bits per heavy atom. The molecule has 0 fully saturated rings. The number of carbonyl (C=O) groups is 1. The highest BCUT2D eigenvalue weighted by atomic mass is 32.1. The van der Waals surface area contributed by atoms with Gasteiger partial charge in [-0.15, -0.1) is 11.3 Å². The van der Waals surface area contributed by atoms with E-state index in [1.807, 2.05) is 11.3 Å². The molecule has 0 amide bonds. The zero-order chi connectivity index (χ0) is 13.0. The lowest BCUT2D eigenvalue weighted by Gasteiger charge is -2.13. The Bertz CT molecular complexity index is 392. The minimum Gasteiger partial charge on any atom is -0.480 e. The molecule has 0 aliphatic heterocycles. The van der Waals surface area contributed by atoms with Crippen LogP contribution >= 0.6 is 11.3 Å². The van der Waals surface area contributed by atoms with Crippen LogP contribution in [0.3, 0.4) is 0 Å². The number of unbranched alkanes of at least 4 members (excludes halogenated alkanes) is 1. The van der Waals surface area contributed by atoms with E-state index < -0.39 is 12.0 Å². The van der Waals surface area contributed by atoms with Gasteiger partial charge in [-0.2, -0.15) is 0 Å². The van der Waals surface area contributed by atoms with E-state index in [1.54, 1.807) is 0 Å². The van der Waals surface area contributed by atoms with E-state index in [2.05, 4.69) is 18.3 Å². The number of hydrogen-bond donors (Lipinski definition) is 2. The Hall–Kier alpha value is -0.870. The summed E-state index contributed by atoms with van der Waals surface area (Å²) in [5.74, 6) is -0.729. The Labute approximate surface area is 112 Å². The number of carboxylic acid groups (broad SMARTS) is 1. The highest BCUT2D eigenvalue weighted by Gasteiger charge is 2.18. The van der Waals surface area contributed by atoms with Crippen LogP contribution in [0, 0.1) is 0 Å². The smallest absolute Gasteiger partial charge is 0.320 e.